The molecule has 0 aromatic heterocycles. The van der Waals surface area contributed by atoms with Gasteiger partial charge in [-0.3, -0.25) is 0 Å². The van der Waals surface area contributed by atoms with Crippen molar-refractivity contribution >= 4 is 0 Å². The number of hydrogen-bond acceptors (Lipinski definition) is 3. The van der Waals surface area contributed by atoms with Crippen molar-refractivity contribution < 1.29 is 14.6 Å². The number of fused-ring (bicyclic) bond motifs is 1. The van der Waals surface area contributed by atoms with Crippen LogP contribution in [0, 0.1) is 0 Å². The number of benzene rings is 2. The predicted octanol–water partition coefficient (Wildman–Crippen LogP) is 3.47. The molecule has 0 spiro atoms. The molecule has 20 heavy (non-hydrogen) atoms. The third kappa shape index (κ3) is 2.49. The fourth-order valence-electron chi connectivity index (χ4n) is 2.43. The Labute approximate surface area is 118 Å². The maximum absolute atomic E-state index is 10.2. The molecule has 104 valence electrons. The van der Waals surface area contributed by atoms with Crippen LogP contribution in [0.3, 0.4) is 0 Å². The lowest BCUT2D eigenvalue weighted by Crippen LogP contribution is -2.16. The molecule has 0 bridgehead atoms. The first kappa shape index (κ1) is 13.0. The first-order valence-corrected chi connectivity index (χ1v) is 6.93. The Morgan fingerprint density at radius 1 is 1.15 bits per heavy atom. The van der Waals surface area contributed by atoms with Gasteiger partial charge in [0, 0.05) is 5.56 Å². The van der Waals surface area contributed by atoms with Crippen molar-refractivity contribution in [2.75, 3.05) is 0 Å². The summed E-state index contributed by atoms with van der Waals surface area (Å²) in [7, 11) is 0. The van der Waals surface area contributed by atoms with Gasteiger partial charge in [-0.25, -0.2) is 0 Å². The van der Waals surface area contributed by atoms with Crippen LogP contribution in [0.1, 0.15) is 30.6 Å². The van der Waals surface area contributed by atoms with Crippen LogP contribution >= 0.6 is 0 Å². The van der Waals surface area contributed by atoms with E-state index in [-0.39, 0.29) is 6.10 Å². The Balaban J connectivity index is 1.72. The second kappa shape index (κ2) is 5.55. The van der Waals surface area contributed by atoms with Gasteiger partial charge in [-0.05, 0) is 30.2 Å². The molecule has 2 aromatic rings. The lowest BCUT2D eigenvalue weighted by molar-refractivity contribution is 0.0653. The van der Waals surface area contributed by atoms with Gasteiger partial charge in [-0.2, -0.15) is 0 Å². The minimum Gasteiger partial charge on any atom is -0.489 e. The number of rotatable bonds is 4. The lowest BCUT2D eigenvalue weighted by atomic mass is 10.1. The van der Waals surface area contributed by atoms with Gasteiger partial charge in [-0.1, -0.05) is 37.3 Å². The second-order valence-electron chi connectivity index (χ2n) is 4.98. The van der Waals surface area contributed by atoms with E-state index in [0.717, 1.165) is 29.0 Å². The highest BCUT2D eigenvalue weighted by Gasteiger charge is 2.31. The summed E-state index contributed by atoms with van der Waals surface area (Å²) in [5, 5.41) is 10.2. The summed E-state index contributed by atoms with van der Waals surface area (Å²) in [6.07, 6.45) is 0.0837. The van der Waals surface area contributed by atoms with Crippen molar-refractivity contribution in [2.45, 2.75) is 32.2 Å². The summed E-state index contributed by atoms with van der Waals surface area (Å²) in [6, 6.07) is 15.6. The molecule has 1 aliphatic rings. The van der Waals surface area contributed by atoms with Crippen molar-refractivity contribution in [3.8, 4) is 11.5 Å². The van der Waals surface area contributed by atoms with Gasteiger partial charge in [0.25, 0.3) is 0 Å². The number of hydrogen-bond donors (Lipinski definition) is 1. The summed E-state index contributed by atoms with van der Waals surface area (Å²) in [4.78, 5) is 0. The monoisotopic (exact) mass is 270 g/mol. The van der Waals surface area contributed by atoms with Gasteiger partial charge in [0.05, 0.1) is 0 Å². The first-order valence-electron chi connectivity index (χ1n) is 6.93. The van der Waals surface area contributed by atoms with Gasteiger partial charge in [0.1, 0.15) is 30.3 Å². The minimum atomic E-state index is -0.560. The number of aliphatic hydroxyl groups excluding tert-OH is 1. The number of ether oxygens (including phenoxy) is 2. The molecular formula is C17H18O3. The van der Waals surface area contributed by atoms with Crippen LogP contribution in [0.5, 0.6) is 11.5 Å². The maximum atomic E-state index is 10.2. The van der Waals surface area contributed by atoms with E-state index in [9.17, 15) is 5.11 Å². The third-order valence-corrected chi connectivity index (χ3v) is 3.58. The Morgan fingerprint density at radius 3 is 2.70 bits per heavy atom. The largest absolute Gasteiger partial charge is 0.489 e. The molecule has 3 heteroatoms. The first-order chi connectivity index (χ1) is 9.78. The molecule has 0 aliphatic carbocycles. The highest BCUT2D eigenvalue weighted by Crippen LogP contribution is 2.39. The fraction of sp³-hybridized carbons (Fsp3) is 0.294. The molecule has 1 aliphatic heterocycles. The molecular weight excluding hydrogens is 252 g/mol. The molecule has 2 aromatic carbocycles. The maximum Gasteiger partial charge on any atom is 0.129 e. The predicted molar refractivity (Wildman–Crippen MR) is 76.9 cm³/mol. The summed E-state index contributed by atoms with van der Waals surface area (Å²) in [5.41, 5.74) is 1.94. The smallest absolute Gasteiger partial charge is 0.129 e. The zero-order valence-electron chi connectivity index (χ0n) is 11.5. The van der Waals surface area contributed by atoms with E-state index in [4.69, 9.17) is 9.47 Å². The second-order valence-corrected chi connectivity index (χ2v) is 4.98. The van der Waals surface area contributed by atoms with Crippen LogP contribution in [-0.2, 0) is 6.61 Å². The Hall–Kier alpha value is -2.00. The van der Waals surface area contributed by atoms with Gasteiger partial charge in [0.2, 0.25) is 0 Å². The highest BCUT2D eigenvalue weighted by atomic mass is 16.5. The van der Waals surface area contributed by atoms with Crippen molar-refractivity contribution in [3.05, 3.63) is 59.7 Å². The molecule has 0 saturated carbocycles. The van der Waals surface area contributed by atoms with Crippen LogP contribution in [0.25, 0.3) is 0 Å². The SMILES string of the molecule is CCC1Oc2ccc(OCc3ccccc3)cc2C1O. The molecule has 2 unspecified atom stereocenters. The van der Waals surface area contributed by atoms with E-state index in [1.165, 1.54) is 0 Å². The van der Waals surface area contributed by atoms with E-state index in [0.29, 0.717) is 6.61 Å². The van der Waals surface area contributed by atoms with Gasteiger partial charge in [0.15, 0.2) is 0 Å². The highest BCUT2D eigenvalue weighted by molar-refractivity contribution is 5.45. The van der Waals surface area contributed by atoms with E-state index in [1.54, 1.807) is 0 Å². The van der Waals surface area contributed by atoms with E-state index in [2.05, 4.69) is 0 Å². The standard InChI is InChI=1S/C17H18O3/c1-2-15-17(18)14-10-13(8-9-16(14)20-15)19-11-12-6-4-3-5-7-12/h3-10,15,17-18H,2,11H2,1H3. The normalized spacial score (nSPS) is 20.3. The van der Waals surface area contributed by atoms with Crippen molar-refractivity contribution in [1.82, 2.24) is 0 Å². The number of aliphatic hydroxyl groups is 1. The van der Waals surface area contributed by atoms with E-state index >= 15 is 0 Å². The minimum absolute atomic E-state index is 0.144. The molecule has 2 atom stereocenters. The van der Waals surface area contributed by atoms with Crippen LogP contribution in [-0.4, -0.2) is 11.2 Å². The summed E-state index contributed by atoms with van der Waals surface area (Å²) < 4.78 is 11.4. The summed E-state index contributed by atoms with van der Waals surface area (Å²) in [6.45, 7) is 2.53. The van der Waals surface area contributed by atoms with E-state index < -0.39 is 6.10 Å². The van der Waals surface area contributed by atoms with E-state index in [1.807, 2.05) is 55.5 Å². The topological polar surface area (TPSA) is 38.7 Å². The average Bonchev–Trinajstić information content (AvgIpc) is 2.82. The Kier molecular flexibility index (Phi) is 3.61. The molecule has 0 amide bonds. The average molecular weight is 270 g/mol. The van der Waals surface area contributed by atoms with Crippen LogP contribution in [0.15, 0.2) is 48.5 Å². The quantitative estimate of drug-likeness (QED) is 0.924. The summed E-state index contributed by atoms with van der Waals surface area (Å²) in [5.74, 6) is 1.52. The molecule has 3 rings (SSSR count). The molecule has 0 fully saturated rings. The van der Waals surface area contributed by atoms with Crippen molar-refractivity contribution in [1.29, 1.82) is 0 Å². The fourth-order valence-corrected chi connectivity index (χ4v) is 2.43. The third-order valence-electron chi connectivity index (χ3n) is 3.58. The van der Waals surface area contributed by atoms with Gasteiger partial charge < -0.3 is 14.6 Å². The lowest BCUT2D eigenvalue weighted by Gasteiger charge is -2.10. The zero-order valence-corrected chi connectivity index (χ0v) is 11.5. The summed E-state index contributed by atoms with van der Waals surface area (Å²) >= 11 is 0. The Morgan fingerprint density at radius 2 is 1.95 bits per heavy atom. The van der Waals surface area contributed by atoms with Crippen molar-refractivity contribution in [2.24, 2.45) is 0 Å². The van der Waals surface area contributed by atoms with Crippen molar-refractivity contribution in [3.63, 3.8) is 0 Å². The molecule has 1 heterocycles. The van der Waals surface area contributed by atoms with Gasteiger partial charge >= 0.3 is 0 Å². The van der Waals surface area contributed by atoms with Crippen LogP contribution in [0.4, 0.5) is 0 Å². The Bertz CT molecular complexity index is 580. The molecule has 0 radical (unpaired) electrons. The zero-order chi connectivity index (χ0) is 13.9. The van der Waals surface area contributed by atoms with Gasteiger partial charge in [-0.15, -0.1) is 0 Å². The molecule has 0 saturated heterocycles. The van der Waals surface area contributed by atoms with Crippen LogP contribution in [0.2, 0.25) is 0 Å². The molecule has 3 nitrogen and oxygen atoms in total. The molecule has 1 N–H and O–H groups in total. The van der Waals surface area contributed by atoms with Crippen LogP contribution < -0.4 is 9.47 Å².